The summed E-state index contributed by atoms with van der Waals surface area (Å²) in [5.41, 5.74) is 0.665. The zero-order valence-electron chi connectivity index (χ0n) is 9.28. The van der Waals surface area contributed by atoms with Gasteiger partial charge in [-0.25, -0.2) is 0 Å². The fraction of sp³-hybridized carbons (Fsp3) is 0.333. The van der Waals surface area contributed by atoms with Gasteiger partial charge in [-0.1, -0.05) is 34.1 Å². The number of benzene rings is 1. The molecule has 4 nitrogen and oxygen atoms in total. The van der Waals surface area contributed by atoms with E-state index in [9.17, 15) is 9.59 Å². The van der Waals surface area contributed by atoms with Crippen LogP contribution in [0.2, 0.25) is 0 Å². The molecule has 90 valence electrons. The molecule has 1 aliphatic heterocycles. The Hall–Kier alpha value is -1.20. The standard InChI is InChI=1S/C12H13BrN2O2/c13-10-4-2-1-3-9(10)11(16)7-15-6-5-14-12(17)8-15/h1-4H,5-8H2,(H,14,17). The van der Waals surface area contributed by atoms with Crippen molar-refractivity contribution in [1.82, 2.24) is 10.2 Å². The third-order valence-corrected chi connectivity index (χ3v) is 3.35. The summed E-state index contributed by atoms with van der Waals surface area (Å²) >= 11 is 3.35. The van der Waals surface area contributed by atoms with E-state index in [1.807, 2.05) is 23.1 Å². The number of carbonyl (C=O) groups is 2. The van der Waals surface area contributed by atoms with Gasteiger partial charge in [0.05, 0.1) is 13.1 Å². The molecular formula is C12H13BrN2O2. The summed E-state index contributed by atoms with van der Waals surface area (Å²) in [6.45, 7) is 1.93. The summed E-state index contributed by atoms with van der Waals surface area (Å²) in [6, 6.07) is 7.34. The van der Waals surface area contributed by atoms with Crippen LogP contribution in [0.25, 0.3) is 0 Å². The lowest BCUT2D eigenvalue weighted by Crippen LogP contribution is -2.49. The molecule has 1 fully saturated rings. The summed E-state index contributed by atoms with van der Waals surface area (Å²) in [4.78, 5) is 25.1. The average Bonchev–Trinajstić information content (AvgIpc) is 2.29. The Bertz CT molecular complexity index is 448. The summed E-state index contributed by atoms with van der Waals surface area (Å²) < 4.78 is 0.798. The molecule has 1 saturated heterocycles. The number of carbonyl (C=O) groups excluding carboxylic acids is 2. The molecule has 0 spiro atoms. The second-order valence-electron chi connectivity index (χ2n) is 3.96. The number of nitrogens with one attached hydrogen (secondary N) is 1. The predicted octanol–water partition coefficient (Wildman–Crippen LogP) is 1.06. The van der Waals surface area contributed by atoms with Gasteiger partial charge >= 0.3 is 0 Å². The highest BCUT2D eigenvalue weighted by atomic mass is 79.9. The molecule has 17 heavy (non-hydrogen) atoms. The van der Waals surface area contributed by atoms with E-state index >= 15 is 0 Å². The van der Waals surface area contributed by atoms with Gasteiger partial charge in [0.25, 0.3) is 0 Å². The van der Waals surface area contributed by atoms with Crippen molar-refractivity contribution in [2.24, 2.45) is 0 Å². The van der Waals surface area contributed by atoms with Gasteiger partial charge in [-0.15, -0.1) is 0 Å². The number of piperazine rings is 1. The summed E-state index contributed by atoms with van der Waals surface area (Å²) in [7, 11) is 0. The van der Waals surface area contributed by atoms with Crippen LogP contribution in [0, 0.1) is 0 Å². The van der Waals surface area contributed by atoms with Crippen molar-refractivity contribution in [2.75, 3.05) is 26.2 Å². The van der Waals surface area contributed by atoms with Crippen molar-refractivity contribution < 1.29 is 9.59 Å². The van der Waals surface area contributed by atoms with Crippen molar-refractivity contribution >= 4 is 27.6 Å². The highest BCUT2D eigenvalue weighted by Crippen LogP contribution is 2.16. The number of halogens is 1. The fourth-order valence-corrected chi connectivity index (χ4v) is 2.31. The Morgan fingerprint density at radius 3 is 2.88 bits per heavy atom. The number of nitrogens with zero attached hydrogens (tertiary/aromatic N) is 1. The first-order valence-electron chi connectivity index (χ1n) is 5.43. The maximum absolute atomic E-state index is 12.0. The Morgan fingerprint density at radius 1 is 1.41 bits per heavy atom. The zero-order chi connectivity index (χ0) is 12.3. The number of hydrogen-bond donors (Lipinski definition) is 1. The number of Topliss-reactive ketones (excluding diaryl/α,β-unsaturated/α-hetero) is 1. The first-order chi connectivity index (χ1) is 8.16. The van der Waals surface area contributed by atoms with Crippen LogP contribution in [0.15, 0.2) is 28.7 Å². The van der Waals surface area contributed by atoms with Crippen LogP contribution in [0.5, 0.6) is 0 Å². The van der Waals surface area contributed by atoms with Gasteiger partial charge in [0.15, 0.2) is 5.78 Å². The van der Waals surface area contributed by atoms with E-state index in [1.165, 1.54) is 0 Å². The Kier molecular flexibility index (Phi) is 3.91. The lowest BCUT2D eigenvalue weighted by molar-refractivity contribution is -0.123. The van der Waals surface area contributed by atoms with Gasteiger partial charge in [0.1, 0.15) is 0 Å². The quantitative estimate of drug-likeness (QED) is 0.849. The smallest absolute Gasteiger partial charge is 0.234 e. The molecule has 1 aliphatic rings. The minimum absolute atomic E-state index is 0.0174. The molecule has 1 heterocycles. The van der Waals surface area contributed by atoms with Crippen molar-refractivity contribution in [3.8, 4) is 0 Å². The van der Waals surface area contributed by atoms with Gasteiger partial charge in [-0.3, -0.25) is 14.5 Å². The molecule has 0 aromatic heterocycles. The fourth-order valence-electron chi connectivity index (χ4n) is 1.80. The zero-order valence-corrected chi connectivity index (χ0v) is 10.9. The van der Waals surface area contributed by atoms with E-state index in [2.05, 4.69) is 21.2 Å². The van der Waals surface area contributed by atoms with Gasteiger partial charge in [-0.2, -0.15) is 0 Å². The topological polar surface area (TPSA) is 49.4 Å². The largest absolute Gasteiger partial charge is 0.354 e. The number of hydrogen-bond acceptors (Lipinski definition) is 3. The molecule has 1 aromatic carbocycles. The first kappa shape index (κ1) is 12.3. The molecule has 5 heteroatoms. The molecular weight excluding hydrogens is 284 g/mol. The van der Waals surface area contributed by atoms with E-state index < -0.39 is 0 Å². The van der Waals surface area contributed by atoms with Gasteiger partial charge in [0, 0.05) is 23.1 Å². The molecule has 1 amide bonds. The first-order valence-corrected chi connectivity index (χ1v) is 6.23. The monoisotopic (exact) mass is 296 g/mol. The number of amides is 1. The molecule has 0 radical (unpaired) electrons. The third-order valence-electron chi connectivity index (χ3n) is 2.66. The van der Waals surface area contributed by atoms with Crippen molar-refractivity contribution in [2.45, 2.75) is 0 Å². The Labute approximate surface area is 108 Å². The predicted molar refractivity (Wildman–Crippen MR) is 67.9 cm³/mol. The lowest BCUT2D eigenvalue weighted by Gasteiger charge is -2.25. The second-order valence-corrected chi connectivity index (χ2v) is 4.82. The molecule has 1 aromatic rings. The Morgan fingerprint density at radius 2 is 2.18 bits per heavy atom. The average molecular weight is 297 g/mol. The van der Waals surface area contributed by atoms with E-state index in [0.717, 1.165) is 11.0 Å². The van der Waals surface area contributed by atoms with Crippen LogP contribution >= 0.6 is 15.9 Å². The van der Waals surface area contributed by atoms with Crippen molar-refractivity contribution in [3.63, 3.8) is 0 Å². The number of ketones is 1. The van der Waals surface area contributed by atoms with Crippen LogP contribution in [0.1, 0.15) is 10.4 Å². The van der Waals surface area contributed by atoms with Crippen molar-refractivity contribution in [3.05, 3.63) is 34.3 Å². The molecule has 0 atom stereocenters. The molecule has 0 bridgehead atoms. The van der Waals surface area contributed by atoms with Crippen LogP contribution in [0.3, 0.4) is 0 Å². The maximum Gasteiger partial charge on any atom is 0.234 e. The normalized spacial score (nSPS) is 16.6. The molecule has 2 rings (SSSR count). The van der Waals surface area contributed by atoms with Crippen LogP contribution in [-0.2, 0) is 4.79 Å². The highest BCUT2D eigenvalue weighted by molar-refractivity contribution is 9.10. The summed E-state index contributed by atoms with van der Waals surface area (Å²) in [5, 5.41) is 2.74. The van der Waals surface area contributed by atoms with Crippen LogP contribution < -0.4 is 5.32 Å². The van der Waals surface area contributed by atoms with E-state index in [0.29, 0.717) is 18.7 Å². The highest BCUT2D eigenvalue weighted by Gasteiger charge is 2.19. The summed E-state index contributed by atoms with van der Waals surface area (Å²) in [5.74, 6) is 0.0170. The van der Waals surface area contributed by atoms with E-state index in [-0.39, 0.29) is 18.2 Å². The van der Waals surface area contributed by atoms with Gasteiger partial charge < -0.3 is 5.32 Å². The maximum atomic E-state index is 12.0. The molecule has 0 aliphatic carbocycles. The van der Waals surface area contributed by atoms with Gasteiger partial charge in [0.2, 0.25) is 5.91 Å². The third kappa shape index (κ3) is 3.14. The SMILES string of the molecule is O=C1CN(CC(=O)c2ccccc2Br)CCN1. The molecule has 0 unspecified atom stereocenters. The minimum Gasteiger partial charge on any atom is -0.354 e. The Balaban J connectivity index is 2.02. The molecule has 1 N–H and O–H groups in total. The molecule has 0 saturated carbocycles. The van der Waals surface area contributed by atoms with Crippen LogP contribution in [-0.4, -0.2) is 42.8 Å². The summed E-state index contributed by atoms with van der Waals surface area (Å²) in [6.07, 6.45) is 0. The lowest BCUT2D eigenvalue weighted by atomic mass is 10.1. The van der Waals surface area contributed by atoms with Gasteiger partial charge in [-0.05, 0) is 6.07 Å². The second kappa shape index (κ2) is 5.42. The minimum atomic E-state index is -0.0174. The van der Waals surface area contributed by atoms with Crippen molar-refractivity contribution in [1.29, 1.82) is 0 Å². The number of rotatable bonds is 3. The van der Waals surface area contributed by atoms with E-state index in [1.54, 1.807) is 6.07 Å². The van der Waals surface area contributed by atoms with E-state index in [4.69, 9.17) is 0 Å². The van der Waals surface area contributed by atoms with Crippen LogP contribution in [0.4, 0.5) is 0 Å².